The zero-order valence-corrected chi connectivity index (χ0v) is 14.5. The van der Waals surface area contributed by atoms with Crippen LogP contribution in [0.5, 0.6) is 11.5 Å². The van der Waals surface area contributed by atoms with Gasteiger partial charge in [0, 0.05) is 11.6 Å². The van der Waals surface area contributed by atoms with E-state index in [1.54, 1.807) is 14.2 Å². The van der Waals surface area contributed by atoms with Crippen molar-refractivity contribution in [2.24, 2.45) is 0 Å². The van der Waals surface area contributed by atoms with Crippen molar-refractivity contribution in [1.82, 2.24) is 0 Å². The maximum Gasteiger partial charge on any atom is 0.128 e. The molecule has 0 unspecified atom stereocenters. The highest BCUT2D eigenvalue weighted by molar-refractivity contribution is 6.28. The van der Waals surface area contributed by atoms with Gasteiger partial charge in [-0.1, -0.05) is 60.7 Å². The molecule has 0 amide bonds. The van der Waals surface area contributed by atoms with Crippen molar-refractivity contribution in [2.45, 2.75) is 4.87 Å². The minimum Gasteiger partial charge on any atom is -0.497 e. The van der Waals surface area contributed by atoms with Crippen LogP contribution in [0.3, 0.4) is 0 Å². The number of rotatable bonds is 5. The minimum atomic E-state index is -0.847. The van der Waals surface area contributed by atoms with Crippen molar-refractivity contribution in [2.75, 3.05) is 14.2 Å². The number of alkyl halides is 1. The maximum absolute atomic E-state index is 7.27. The summed E-state index contributed by atoms with van der Waals surface area (Å²) in [4.78, 5) is -0.847. The highest BCUT2D eigenvalue weighted by Crippen LogP contribution is 2.47. The molecule has 0 aliphatic heterocycles. The van der Waals surface area contributed by atoms with Crippen LogP contribution in [0.25, 0.3) is 0 Å². The second kappa shape index (κ2) is 6.98. The van der Waals surface area contributed by atoms with Crippen LogP contribution in [-0.2, 0) is 4.87 Å². The van der Waals surface area contributed by atoms with Gasteiger partial charge in [-0.3, -0.25) is 0 Å². The van der Waals surface area contributed by atoms with Crippen molar-refractivity contribution < 1.29 is 9.47 Å². The average molecular weight is 339 g/mol. The molecule has 0 aliphatic carbocycles. The molecule has 0 fully saturated rings. The second-order valence-electron chi connectivity index (χ2n) is 5.46. The molecule has 0 atom stereocenters. The Balaban J connectivity index is 2.27. The number of ether oxygens (including phenoxy) is 2. The molecule has 0 saturated heterocycles. The molecule has 0 bridgehead atoms. The van der Waals surface area contributed by atoms with E-state index in [1.807, 2.05) is 78.9 Å². The normalized spacial score (nSPS) is 11.1. The minimum absolute atomic E-state index is 0.692. The summed E-state index contributed by atoms with van der Waals surface area (Å²) in [6.45, 7) is 0. The number of hydrogen-bond acceptors (Lipinski definition) is 2. The van der Waals surface area contributed by atoms with E-state index in [9.17, 15) is 0 Å². The van der Waals surface area contributed by atoms with E-state index < -0.39 is 4.87 Å². The molecule has 0 N–H and O–H groups in total. The van der Waals surface area contributed by atoms with Gasteiger partial charge in [0.1, 0.15) is 16.4 Å². The molecule has 0 aliphatic rings. The summed E-state index contributed by atoms with van der Waals surface area (Å²) in [5.74, 6) is 1.42. The van der Waals surface area contributed by atoms with Crippen molar-refractivity contribution in [3.8, 4) is 11.5 Å². The van der Waals surface area contributed by atoms with Gasteiger partial charge >= 0.3 is 0 Å². The van der Waals surface area contributed by atoms with Gasteiger partial charge in [-0.15, -0.1) is 11.6 Å². The fraction of sp³-hybridized carbons (Fsp3) is 0.143. The van der Waals surface area contributed by atoms with Crippen molar-refractivity contribution in [3.05, 3.63) is 95.6 Å². The summed E-state index contributed by atoms with van der Waals surface area (Å²) in [6, 6.07) is 25.8. The average Bonchev–Trinajstić information content (AvgIpc) is 2.68. The summed E-state index contributed by atoms with van der Waals surface area (Å²) >= 11 is 7.27. The van der Waals surface area contributed by atoms with Crippen LogP contribution in [0.15, 0.2) is 78.9 Å². The topological polar surface area (TPSA) is 18.5 Å². The van der Waals surface area contributed by atoms with Gasteiger partial charge in [0.25, 0.3) is 0 Å². The molecule has 3 aromatic rings. The monoisotopic (exact) mass is 338 g/mol. The van der Waals surface area contributed by atoms with Crippen molar-refractivity contribution in [3.63, 3.8) is 0 Å². The number of hydrogen-bond donors (Lipinski definition) is 0. The predicted octanol–water partition coefficient (Wildman–Crippen LogP) is 5.23. The van der Waals surface area contributed by atoms with Gasteiger partial charge in [0.15, 0.2) is 0 Å². The van der Waals surface area contributed by atoms with E-state index in [4.69, 9.17) is 21.1 Å². The van der Waals surface area contributed by atoms with Crippen LogP contribution in [0.2, 0.25) is 0 Å². The lowest BCUT2D eigenvalue weighted by atomic mass is 9.83. The van der Waals surface area contributed by atoms with Gasteiger partial charge in [0.05, 0.1) is 14.2 Å². The Bertz CT molecular complexity index is 761. The SMILES string of the molecule is COc1ccc(C(Cl)(c2ccccc2)c2ccccc2)c(OC)c1. The molecule has 2 nitrogen and oxygen atoms in total. The number of methoxy groups -OCH3 is 2. The zero-order chi connectivity index (χ0) is 17.0. The van der Waals surface area contributed by atoms with Crippen LogP contribution in [0, 0.1) is 0 Å². The molecular weight excluding hydrogens is 320 g/mol. The molecule has 3 rings (SSSR count). The fourth-order valence-corrected chi connectivity index (χ4v) is 3.30. The van der Waals surface area contributed by atoms with Crippen molar-refractivity contribution >= 4 is 11.6 Å². The first-order valence-corrected chi connectivity index (χ1v) is 8.10. The second-order valence-corrected chi connectivity index (χ2v) is 6.02. The molecule has 0 radical (unpaired) electrons. The fourth-order valence-electron chi connectivity index (χ4n) is 2.90. The van der Waals surface area contributed by atoms with E-state index in [1.165, 1.54) is 0 Å². The summed E-state index contributed by atoms with van der Waals surface area (Å²) in [5.41, 5.74) is 2.85. The molecule has 122 valence electrons. The zero-order valence-electron chi connectivity index (χ0n) is 13.7. The Kier molecular flexibility index (Phi) is 4.77. The third-order valence-electron chi connectivity index (χ3n) is 4.12. The highest BCUT2D eigenvalue weighted by atomic mass is 35.5. The number of benzene rings is 3. The van der Waals surface area contributed by atoms with Crippen LogP contribution in [0.4, 0.5) is 0 Å². The van der Waals surface area contributed by atoms with E-state index in [-0.39, 0.29) is 0 Å². The Hall–Kier alpha value is -2.45. The van der Waals surface area contributed by atoms with Crippen LogP contribution >= 0.6 is 11.6 Å². The first kappa shape index (κ1) is 16.4. The Morgan fingerprint density at radius 1 is 0.708 bits per heavy atom. The van der Waals surface area contributed by atoms with E-state index >= 15 is 0 Å². The van der Waals surface area contributed by atoms with Crippen LogP contribution < -0.4 is 9.47 Å². The third-order valence-corrected chi connectivity index (χ3v) is 4.76. The molecular formula is C21H19ClO2. The third kappa shape index (κ3) is 2.85. The molecule has 0 heterocycles. The van der Waals surface area contributed by atoms with Gasteiger partial charge in [0.2, 0.25) is 0 Å². The summed E-state index contributed by atoms with van der Waals surface area (Å²) in [7, 11) is 3.28. The van der Waals surface area contributed by atoms with Crippen LogP contribution in [0.1, 0.15) is 16.7 Å². The van der Waals surface area contributed by atoms with Gasteiger partial charge < -0.3 is 9.47 Å². The van der Waals surface area contributed by atoms with Crippen molar-refractivity contribution in [1.29, 1.82) is 0 Å². The standard InChI is InChI=1S/C21H19ClO2/c1-23-18-13-14-19(20(15-18)24-2)21(22,16-9-5-3-6-10-16)17-11-7-4-8-12-17/h3-15H,1-2H3. The van der Waals surface area contributed by atoms with Gasteiger partial charge in [-0.05, 0) is 23.3 Å². The molecule has 3 heteroatoms. The smallest absolute Gasteiger partial charge is 0.128 e. The molecule has 0 spiro atoms. The Labute approximate surface area is 147 Å². The van der Waals surface area contributed by atoms with E-state index in [0.717, 1.165) is 22.4 Å². The largest absolute Gasteiger partial charge is 0.497 e. The van der Waals surface area contributed by atoms with Gasteiger partial charge in [-0.2, -0.15) is 0 Å². The Morgan fingerprint density at radius 2 is 1.25 bits per heavy atom. The lowest BCUT2D eigenvalue weighted by molar-refractivity contribution is 0.389. The first-order chi connectivity index (χ1) is 11.7. The summed E-state index contributed by atoms with van der Waals surface area (Å²) in [5, 5.41) is 0. The lowest BCUT2D eigenvalue weighted by Crippen LogP contribution is -2.23. The van der Waals surface area contributed by atoms with E-state index in [0.29, 0.717) is 5.75 Å². The quantitative estimate of drug-likeness (QED) is 0.468. The summed E-state index contributed by atoms with van der Waals surface area (Å²) < 4.78 is 10.9. The van der Waals surface area contributed by atoms with Crippen LogP contribution in [-0.4, -0.2) is 14.2 Å². The maximum atomic E-state index is 7.27. The number of halogens is 1. The Morgan fingerprint density at radius 3 is 1.71 bits per heavy atom. The summed E-state index contributed by atoms with van der Waals surface area (Å²) in [6.07, 6.45) is 0. The molecule has 24 heavy (non-hydrogen) atoms. The molecule has 3 aromatic carbocycles. The van der Waals surface area contributed by atoms with Gasteiger partial charge in [-0.25, -0.2) is 0 Å². The molecule has 0 aromatic heterocycles. The predicted molar refractivity (Wildman–Crippen MR) is 98.2 cm³/mol. The highest BCUT2D eigenvalue weighted by Gasteiger charge is 2.36. The lowest BCUT2D eigenvalue weighted by Gasteiger charge is -2.30. The van der Waals surface area contributed by atoms with E-state index in [2.05, 4.69) is 0 Å². The first-order valence-electron chi connectivity index (χ1n) is 7.72. The molecule has 0 saturated carbocycles.